The number of hydrogen-bond acceptors (Lipinski definition) is 5. The quantitative estimate of drug-likeness (QED) is 0.564. The Hall–Kier alpha value is -2.74. The highest BCUT2D eigenvalue weighted by molar-refractivity contribution is 5.80. The van der Waals surface area contributed by atoms with Crippen molar-refractivity contribution in [3.63, 3.8) is 0 Å². The van der Waals surface area contributed by atoms with Crippen molar-refractivity contribution in [3.05, 3.63) is 40.7 Å². The van der Waals surface area contributed by atoms with Crippen molar-refractivity contribution in [3.8, 4) is 11.5 Å². The number of aliphatic imine (C=N–C) groups is 1. The lowest BCUT2D eigenvalue weighted by Crippen LogP contribution is -2.52. The average molecular weight is 427 g/mol. The molecular formula is C23H34N6O2. The van der Waals surface area contributed by atoms with E-state index in [1.54, 1.807) is 0 Å². The Bertz CT molecular complexity index is 930. The van der Waals surface area contributed by atoms with Crippen molar-refractivity contribution < 1.29 is 9.47 Å². The van der Waals surface area contributed by atoms with Crippen molar-refractivity contribution in [2.75, 3.05) is 46.1 Å². The highest BCUT2D eigenvalue weighted by atomic mass is 16.7. The van der Waals surface area contributed by atoms with Gasteiger partial charge in [-0.3, -0.25) is 14.6 Å². The van der Waals surface area contributed by atoms with Crippen LogP contribution in [0.3, 0.4) is 0 Å². The topological polar surface area (TPSA) is 67.2 Å². The summed E-state index contributed by atoms with van der Waals surface area (Å²) >= 11 is 0. The first-order valence-corrected chi connectivity index (χ1v) is 11.2. The lowest BCUT2D eigenvalue weighted by Gasteiger charge is -2.36. The minimum atomic E-state index is 0.323. The molecule has 0 unspecified atom stereocenters. The van der Waals surface area contributed by atoms with Gasteiger partial charge >= 0.3 is 0 Å². The molecule has 4 rings (SSSR count). The van der Waals surface area contributed by atoms with Gasteiger partial charge < -0.3 is 19.7 Å². The number of ether oxygens (including phenoxy) is 2. The Kier molecular flexibility index (Phi) is 6.65. The fourth-order valence-corrected chi connectivity index (χ4v) is 4.29. The molecule has 1 saturated heterocycles. The van der Waals surface area contributed by atoms with E-state index in [4.69, 9.17) is 14.5 Å². The van der Waals surface area contributed by atoms with Crippen LogP contribution in [0.5, 0.6) is 11.5 Å². The second-order valence-electron chi connectivity index (χ2n) is 8.21. The van der Waals surface area contributed by atoms with Gasteiger partial charge in [0, 0.05) is 58.6 Å². The van der Waals surface area contributed by atoms with Gasteiger partial charge in [-0.25, -0.2) is 0 Å². The predicted molar refractivity (Wildman–Crippen MR) is 122 cm³/mol. The minimum absolute atomic E-state index is 0.323. The minimum Gasteiger partial charge on any atom is -0.454 e. The molecule has 2 aliphatic rings. The molecule has 1 aromatic heterocycles. The van der Waals surface area contributed by atoms with E-state index >= 15 is 0 Å². The number of guanidine groups is 1. The number of piperazine rings is 1. The van der Waals surface area contributed by atoms with E-state index < -0.39 is 0 Å². The van der Waals surface area contributed by atoms with E-state index in [1.165, 1.54) is 16.8 Å². The number of nitrogens with zero attached hydrogens (tertiary/aromatic N) is 5. The van der Waals surface area contributed by atoms with Gasteiger partial charge in [0.1, 0.15) is 0 Å². The highest BCUT2D eigenvalue weighted by Gasteiger charge is 2.21. The second kappa shape index (κ2) is 9.60. The summed E-state index contributed by atoms with van der Waals surface area (Å²) in [5.41, 5.74) is 4.92. The van der Waals surface area contributed by atoms with Gasteiger partial charge in [-0.15, -0.1) is 0 Å². The normalized spacial score (nSPS) is 16.8. The van der Waals surface area contributed by atoms with Gasteiger partial charge in [-0.1, -0.05) is 6.07 Å². The Labute approximate surface area is 184 Å². The van der Waals surface area contributed by atoms with Crippen molar-refractivity contribution in [1.82, 2.24) is 24.9 Å². The number of aromatic nitrogens is 2. The van der Waals surface area contributed by atoms with Crippen molar-refractivity contribution >= 4 is 5.96 Å². The Balaban J connectivity index is 1.31. The summed E-state index contributed by atoms with van der Waals surface area (Å²) < 4.78 is 12.9. The van der Waals surface area contributed by atoms with Crippen LogP contribution in [-0.4, -0.2) is 71.6 Å². The van der Waals surface area contributed by atoms with Crippen LogP contribution >= 0.6 is 0 Å². The number of nitrogens with one attached hydrogen (secondary N) is 1. The van der Waals surface area contributed by atoms with Crippen molar-refractivity contribution in [1.29, 1.82) is 0 Å². The molecule has 31 heavy (non-hydrogen) atoms. The standard InChI is InChI=1S/C23H34N6O2/c1-5-24-23(25-9-8-20-17(2)26-27(4)18(20)3)29-12-10-28(11-13-29)15-19-6-7-21-22(14-19)31-16-30-21/h6-7,14H,5,8-13,15-16H2,1-4H3,(H,24,25). The molecule has 1 N–H and O–H groups in total. The van der Waals surface area contributed by atoms with Crippen LogP contribution in [0.4, 0.5) is 0 Å². The highest BCUT2D eigenvalue weighted by Crippen LogP contribution is 2.32. The number of rotatable bonds is 6. The molecule has 0 bridgehead atoms. The van der Waals surface area contributed by atoms with Crippen LogP contribution in [0.25, 0.3) is 0 Å². The van der Waals surface area contributed by atoms with Crippen LogP contribution in [0.15, 0.2) is 23.2 Å². The molecule has 0 radical (unpaired) electrons. The summed E-state index contributed by atoms with van der Waals surface area (Å²) in [7, 11) is 2.00. The van der Waals surface area contributed by atoms with Crippen LogP contribution in [0.1, 0.15) is 29.4 Å². The van der Waals surface area contributed by atoms with E-state index in [1.807, 2.05) is 17.8 Å². The molecule has 2 aromatic rings. The van der Waals surface area contributed by atoms with Crippen LogP contribution in [0.2, 0.25) is 0 Å². The van der Waals surface area contributed by atoms with E-state index in [0.29, 0.717) is 6.79 Å². The zero-order valence-corrected chi connectivity index (χ0v) is 19.1. The summed E-state index contributed by atoms with van der Waals surface area (Å²) in [6, 6.07) is 6.24. The fraction of sp³-hybridized carbons (Fsp3) is 0.565. The summed E-state index contributed by atoms with van der Waals surface area (Å²) in [5, 5.41) is 7.99. The molecule has 2 aliphatic heterocycles. The van der Waals surface area contributed by atoms with Crippen LogP contribution in [-0.2, 0) is 20.0 Å². The largest absolute Gasteiger partial charge is 0.454 e. The van der Waals surface area contributed by atoms with Gasteiger partial charge in [-0.05, 0) is 50.5 Å². The maximum absolute atomic E-state index is 5.51. The molecular weight excluding hydrogens is 392 g/mol. The SMILES string of the molecule is CCNC(=NCCc1c(C)nn(C)c1C)N1CCN(Cc2ccc3c(c2)OCO3)CC1. The second-order valence-corrected chi connectivity index (χ2v) is 8.21. The lowest BCUT2D eigenvalue weighted by molar-refractivity contribution is 0.171. The maximum Gasteiger partial charge on any atom is 0.231 e. The zero-order chi connectivity index (χ0) is 21.8. The van der Waals surface area contributed by atoms with Gasteiger partial charge in [0.15, 0.2) is 17.5 Å². The first-order chi connectivity index (χ1) is 15.0. The Morgan fingerprint density at radius 1 is 1.13 bits per heavy atom. The summed E-state index contributed by atoms with van der Waals surface area (Å²) in [5.74, 6) is 2.72. The molecule has 8 heteroatoms. The van der Waals surface area contributed by atoms with Crippen LogP contribution < -0.4 is 14.8 Å². The summed E-state index contributed by atoms with van der Waals surface area (Å²) in [6.07, 6.45) is 0.921. The number of benzene rings is 1. The average Bonchev–Trinajstić information content (AvgIpc) is 3.32. The molecule has 1 fully saturated rings. The molecule has 8 nitrogen and oxygen atoms in total. The molecule has 168 valence electrons. The smallest absolute Gasteiger partial charge is 0.231 e. The molecule has 1 aromatic carbocycles. The van der Waals surface area contributed by atoms with Gasteiger partial charge in [0.25, 0.3) is 0 Å². The molecule has 0 aliphatic carbocycles. The zero-order valence-electron chi connectivity index (χ0n) is 19.1. The summed E-state index contributed by atoms with van der Waals surface area (Å²) in [4.78, 5) is 9.78. The monoisotopic (exact) mass is 426 g/mol. The molecule has 0 spiro atoms. The van der Waals surface area contributed by atoms with Crippen molar-refractivity contribution in [2.45, 2.75) is 33.7 Å². The Morgan fingerprint density at radius 3 is 2.61 bits per heavy atom. The first-order valence-electron chi connectivity index (χ1n) is 11.2. The van der Waals surface area contributed by atoms with E-state index in [9.17, 15) is 0 Å². The third-order valence-corrected chi connectivity index (χ3v) is 6.13. The maximum atomic E-state index is 5.51. The van der Waals surface area contributed by atoms with E-state index in [0.717, 1.165) is 75.4 Å². The molecule has 3 heterocycles. The van der Waals surface area contributed by atoms with Crippen molar-refractivity contribution in [2.24, 2.45) is 12.0 Å². The van der Waals surface area contributed by atoms with Gasteiger partial charge in [0.2, 0.25) is 6.79 Å². The fourth-order valence-electron chi connectivity index (χ4n) is 4.29. The lowest BCUT2D eigenvalue weighted by atomic mass is 10.1. The number of fused-ring (bicyclic) bond motifs is 1. The number of aryl methyl sites for hydroxylation is 2. The van der Waals surface area contributed by atoms with E-state index in [2.05, 4.69) is 53.1 Å². The van der Waals surface area contributed by atoms with Gasteiger partial charge in [0.05, 0.1) is 5.69 Å². The molecule has 0 atom stereocenters. The molecule has 0 saturated carbocycles. The van der Waals surface area contributed by atoms with E-state index in [-0.39, 0.29) is 0 Å². The number of hydrogen-bond donors (Lipinski definition) is 1. The van der Waals surface area contributed by atoms with Crippen LogP contribution in [0, 0.1) is 13.8 Å². The third-order valence-electron chi connectivity index (χ3n) is 6.13. The Morgan fingerprint density at radius 2 is 1.90 bits per heavy atom. The van der Waals surface area contributed by atoms with Gasteiger partial charge in [-0.2, -0.15) is 5.10 Å². The predicted octanol–water partition coefficient (Wildman–Crippen LogP) is 2.09. The first kappa shape index (κ1) is 21.5. The molecule has 0 amide bonds. The summed E-state index contributed by atoms with van der Waals surface area (Å²) in [6.45, 7) is 13.2. The third kappa shape index (κ3) is 4.95.